The second kappa shape index (κ2) is 11.5. The van der Waals surface area contributed by atoms with Crippen LogP contribution in [0.15, 0.2) is 48.1 Å². The lowest BCUT2D eigenvalue weighted by molar-refractivity contribution is -0.118. The van der Waals surface area contributed by atoms with Crippen LogP contribution in [0.4, 0.5) is 10.8 Å². The number of likely N-dealkylation sites (tertiary alicyclic amines) is 1. The zero-order chi connectivity index (χ0) is 27.7. The quantitative estimate of drug-likeness (QED) is 0.283. The topological polar surface area (TPSA) is 110 Å². The molecule has 9 nitrogen and oxygen atoms in total. The zero-order valence-corrected chi connectivity index (χ0v) is 24.5. The molecule has 0 spiro atoms. The fourth-order valence-electron chi connectivity index (χ4n) is 5.97. The number of pyridine rings is 1. The van der Waals surface area contributed by atoms with Crippen molar-refractivity contribution < 1.29 is 9.90 Å². The molecule has 3 N–H and O–H groups in total. The Morgan fingerprint density at radius 1 is 1.23 bits per heavy atom. The Morgan fingerprint density at radius 2 is 2.08 bits per heavy atom. The fourth-order valence-corrected chi connectivity index (χ4v) is 7.51. The van der Waals surface area contributed by atoms with E-state index < -0.39 is 10.9 Å². The minimum Gasteiger partial charge on any atom is -0.392 e. The Balaban J connectivity index is 1.09. The average Bonchev–Trinajstić information content (AvgIpc) is 3.73. The maximum Gasteiger partial charge on any atom is 0.241 e. The number of aliphatic hydroxyl groups is 1. The highest BCUT2D eigenvalue weighted by atomic mass is 32.2. The summed E-state index contributed by atoms with van der Waals surface area (Å²) >= 11 is 3.27. The molecule has 5 heterocycles. The van der Waals surface area contributed by atoms with E-state index in [1.165, 1.54) is 0 Å². The summed E-state index contributed by atoms with van der Waals surface area (Å²) in [5.41, 5.74) is 4.43. The number of aromatic nitrogens is 4. The van der Waals surface area contributed by atoms with Crippen LogP contribution in [0.3, 0.4) is 0 Å². The van der Waals surface area contributed by atoms with Crippen molar-refractivity contribution in [2.75, 3.05) is 49.2 Å². The summed E-state index contributed by atoms with van der Waals surface area (Å²) in [6.45, 7) is 5.85. The number of carbonyl (C=O) groups is 1. The predicted molar refractivity (Wildman–Crippen MR) is 163 cm³/mol. The third-order valence-corrected chi connectivity index (χ3v) is 10.5. The summed E-state index contributed by atoms with van der Waals surface area (Å²) in [5.74, 6) is 0.285. The third kappa shape index (κ3) is 5.47. The molecule has 0 saturated carbocycles. The van der Waals surface area contributed by atoms with Gasteiger partial charge in [-0.1, -0.05) is 0 Å². The second-order valence-electron chi connectivity index (χ2n) is 10.9. The van der Waals surface area contributed by atoms with E-state index in [9.17, 15) is 9.90 Å². The van der Waals surface area contributed by atoms with Gasteiger partial charge in [0.15, 0.2) is 5.13 Å². The van der Waals surface area contributed by atoms with Crippen LogP contribution in [0, 0.1) is 12.8 Å². The van der Waals surface area contributed by atoms with Gasteiger partial charge in [0.05, 0.1) is 11.6 Å². The molecule has 6 rings (SSSR count). The number of H-pyrrole nitrogens is 1. The van der Waals surface area contributed by atoms with Crippen LogP contribution in [0.5, 0.6) is 0 Å². The van der Waals surface area contributed by atoms with Gasteiger partial charge < -0.3 is 15.3 Å². The first kappa shape index (κ1) is 27.2. The first-order valence-electron chi connectivity index (χ1n) is 13.8. The van der Waals surface area contributed by atoms with Gasteiger partial charge in [-0.2, -0.15) is 5.10 Å². The number of benzene rings is 1. The van der Waals surface area contributed by atoms with Gasteiger partial charge in [0, 0.05) is 72.8 Å². The van der Waals surface area contributed by atoms with Crippen LogP contribution >= 0.6 is 23.1 Å². The number of piperidine rings is 1. The number of aliphatic hydroxyl groups excluding tert-OH is 1. The number of thioether (sulfide) groups is 1. The van der Waals surface area contributed by atoms with Gasteiger partial charge in [-0.3, -0.25) is 19.8 Å². The number of thiazole rings is 1. The van der Waals surface area contributed by atoms with E-state index in [0.29, 0.717) is 13.1 Å². The lowest BCUT2D eigenvalue weighted by Gasteiger charge is -2.35. The minimum atomic E-state index is -0.551. The Labute approximate surface area is 242 Å². The molecule has 2 aliphatic heterocycles. The number of hydrogen-bond acceptors (Lipinski definition) is 9. The first-order chi connectivity index (χ1) is 19.4. The summed E-state index contributed by atoms with van der Waals surface area (Å²) in [6.07, 6.45) is 7.92. The molecule has 2 atom stereocenters. The molecule has 3 aromatic heterocycles. The molecule has 1 unspecified atom stereocenters. The van der Waals surface area contributed by atoms with Crippen LogP contribution in [0.2, 0.25) is 0 Å². The van der Waals surface area contributed by atoms with Crippen molar-refractivity contribution in [2.24, 2.45) is 5.92 Å². The Hall–Kier alpha value is -2.99. The monoisotopic (exact) mass is 577 g/mol. The van der Waals surface area contributed by atoms with E-state index in [1.807, 2.05) is 55.1 Å². The predicted octanol–water partition coefficient (Wildman–Crippen LogP) is 4.41. The first-order valence-corrected chi connectivity index (χ1v) is 15.9. The number of carbonyl (C=O) groups excluding carboxylic acids is 1. The maximum absolute atomic E-state index is 13.7. The van der Waals surface area contributed by atoms with Crippen molar-refractivity contribution in [3.63, 3.8) is 0 Å². The molecule has 2 aliphatic rings. The molecule has 1 aromatic carbocycles. The van der Waals surface area contributed by atoms with Crippen molar-refractivity contribution in [1.82, 2.24) is 25.1 Å². The number of fused-ring (bicyclic) bond motifs is 1. The number of nitrogens with zero attached hydrogens (tertiary/aromatic N) is 5. The smallest absolute Gasteiger partial charge is 0.241 e. The molecule has 0 bridgehead atoms. The largest absolute Gasteiger partial charge is 0.392 e. The van der Waals surface area contributed by atoms with Gasteiger partial charge in [-0.25, -0.2) is 4.98 Å². The lowest BCUT2D eigenvalue weighted by atomic mass is 9.91. The van der Waals surface area contributed by atoms with Crippen molar-refractivity contribution >= 4 is 50.7 Å². The standard InChI is InChI=1S/C29H35N7O2S2/c1-19-15-21(5-9-30-19)26-23-16-22(3-4-24(23)33-34-26)32-27(38)29(39-2)8-13-35(18-29)17-25(37)20-6-11-36(12-7-20)28-31-10-14-40-28/h3-5,9-10,14-16,20,25,37H,6-8,11-13,17-18H2,1-2H3,(H,32,38)(H,33,34)/t25?,29-/m0/s1. The number of rotatable bonds is 8. The van der Waals surface area contributed by atoms with Crippen LogP contribution in [0.1, 0.15) is 25.0 Å². The van der Waals surface area contributed by atoms with E-state index in [2.05, 4.69) is 35.3 Å². The Bertz CT molecular complexity index is 1470. The van der Waals surface area contributed by atoms with Gasteiger partial charge in [-0.05, 0) is 68.7 Å². The molecule has 40 heavy (non-hydrogen) atoms. The highest BCUT2D eigenvalue weighted by Gasteiger charge is 2.45. The Morgan fingerprint density at radius 3 is 2.83 bits per heavy atom. The molecular formula is C29H35N7O2S2. The molecule has 2 fully saturated rings. The molecular weight excluding hydrogens is 543 g/mol. The van der Waals surface area contributed by atoms with Crippen LogP contribution in [0.25, 0.3) is 22.2 Å². The summed E-state index contributed by atoms with van der Waals surface area (Å²) in [7, 11) is 0. The normalized spacial score (nSPS) is 21.2. The molecule has 1 amide bonds. The summed E-state index contributed by atoms with van der Waals surface area (Å²) < 4.78 is -0.551. The molecule has 0 aliphatic carbocycles. The number of nitrogens with one attached hydrogen (secondary N) is 2. The number of aromatic amines is 1. The van der Waals surface area contributed by atoms with E-state index in [4.69, 9.17) is 0 Å². The van der Waals surface area contributed by atoms with E-state index in [-0.39, 0.29) is 11.8 Å². The molecule has 4 aromatic rings. The minimum absolute atomic E-state index is 0.0119. The number of hydrogen-bond donors (Lipinski definition) is 3. The number of anilines is 2. The Kier molecular flexibility index (Phi) is 7.80. The van der Waals surface area contributed by atoms with Crippen molar-refractivity contribution in [3.8, 4) is 11.3 Å². The van der Waals surface area contributed by atoms with E-state index in [1.54, 1.807) is 29.3 Å². The van der Waals surface area contributed by atoms with Crippen LogP contribution < -0.4 is 10.2 Å². The molecule has 210 valence electrons. The number of amides is 1. The van der Waals surface area contributed by atoms with Gasteiger partial charge in [0.2, 0.25) is 5.91 Å². The van der Waals surface area contributed by atoms with Crippen molar-refractivity contribution in [1.29, 1.82) is 0 Å². The molecule has 0 radical (unpaired) electrons. The zero-order valence-electron chi connectivity index (χ0n) is 22.8. The summed E-state index contributed by atoms with van der Waals surface area (Å²) in [4.78, 5) is 26.9. The van der Waals surface area contributed by atoms with Crippen LogP contribution in [-0.4, -0.2) is 85.9 Å². The number of β-amino-alcohol motifs (C(OH)–C–C–N with tert-alkyl or cyclic N) is 1. The van der Waals surface area contributed by atoms with Gasteiger partial charge >= 0.3 is 0 Å². The maximum atomic E-state index is 13.7. The van der Waals surface area contributed by atoms with E-state index in [0.717, 1.165) is 77.6 Å². The third-order valence-electron chi connectivity index (χ3n) is 8.33. The number of aryl methyl sites for hydroxylation is 1. The second-order valence-corrected chi connectivity index (χ2v) is 12.9. The van der Waals surface area contributed by atoms with E-state index >= 15 is 0 Å². The highest BCUT2D eigenvalue weighted by molar-refractivity contribution is 8.00. The SMILES string of the molecule is CS[C@@]1(C(=O)Nc2ccc3[nH]nc(-c4ccnc(C)c4)c3c2)CCN(CC(O)C2CCN(c3nccs3)CC2)C1. The van der Waals surface area contributed by atoms with Crippen molar-refractivity contribution in [3.05, 3.63) is 53.8 Å². The summed E-state index contributed by atoms with van der Waals surface area (Å²) in [5, 5.41) is 25.9. The van der Waals surface area contributed by atoms with Gasteiger partial charge in [-0.15, -0.1) is 23.1 Å². The molecule has 2 saturated heterocycles. The van der Waals surface area contributed by atoms with Gasteiger partial charge in [0.1, 0.15) is 10.4 Å². The summed E-state index contributed by atoms with van der Waals surface area (Å²) in [6, 6.07) is 9.82. The highest BCUT2D eigenvalue weighted by Crippen LogP contribution is 2.37. The molecule has 11 heteroatoms. The lowest BCUT2D eigenvalue weighted by Crippen LogP contribution is -2.45. The van der Waals surface area contributed by atoms with Crippen molar-refractivity contribution in [2.45, 2.75) is 37.0 Å². The fraction of sp³-hybridized carbons (Fsp3) is 0.448. The average molecular weight is 578 g/mol. The van der Waals surface area contributed by atoms with Crippen LogP contribution in [-0.2, 0) is 4.79 Å². The van der Waals surface area contributed by atoms with Gasteiger partial charge in [0.25, 0.3) is 0 Å².